The summed E-state index contributed by atoms with van der Waals surface area (Å²) in [5, 5.41) is 0.545. The van der Waals surface area contributed by atoms with Gasteiger partial charge in [0.1, 0.15) is 5.75 Å². The highest BCUT2D eigenvalue weighted by Crippen LogP contribution is 2.26. The van der Waals surface area contributed by atoms with Crippen molar-refractivity contribution in [1.29, 1.82) is 0 Å². The van der Waals surface area contributed by atoms with Crippen LogP contribution in [-0.2, 0) is 4.79 Å². The third kappa shape index (κ3) is 4.13. The fraction of sp³-hybridized carbons (Fsp3) is 0.588. The van der Waals surface area contributed by atoms with Gasteiger partial charge in [-0.15, -0.1) is 0 Å². The molecule has 0 unspecified atom stereocenters. The number of rotatable bonds is 5. The molecule has 1 fully saturated rings. The van der Waals surface area contributed by atoms with Gasteiger partial charge in [-0.3, -0.25) is 4.79 Å². The molecular formula is C17H24ClNO2. The first-order valence-electron chi connectivity index (χ1n) is 7.81. The minimum atomic E-state index is -0.461. The van der Waals surface area contributed by atoms with Gasteiger partial charge in [0, 0.05) is 13.1 Å². The molecule has 1 amide bonds. The number of ether oxygens (including phenoxy) is 1. The van der Waals surface area contributed by atoms with E-state index in [9.17, 15) is 4.79 Å². The molecule has 0 aromatic heterocycles. The van der Waals surface area contributed by atoms with E-state index in [1.165, 1.54) is 19.3 Å². The van der Waals surface area contributed by atoms with Crippen molar-refractivity contribution in [3.63, 3.8) is 0 Å². The minimum absolute atomic E-state index is 0.0596. The Bertz CT molecular complexity index is 472. The van der Waals surface area contributed by atoms with E-state index in [0.29, 0.717) is 23.2 Å². The second kappa shape index (κ2) is 7.69. The highest BCUT2D eigenvalue weighted by molar-refractivity contribution is 6.32. The summed E-state index contributed by atoms with van der Waals surface area (Å²) in [5.74, 6) is 0.640. The average Bonchev–Trinajstić information content (AvgIpc) is 2.53. The van der Waals surface area contributed by atoms with E-state index in [1.807, 2.05) is 31.0 Å². The van der Waals surface area contributed by atoms with Crippen molar-refractivity contribution in [2.24, 2.45) is 0 Å². The van der Waals surface area contributed by atoms with Crippen LogP contribution in [0.25, 0.3) is 0 Å². The van der Waals surface area contributed by atoms with Crippen LogP contribution in [0.5, 0.6) is 5.75 Å². The van der Waals surface area contributed by atoms with Gasteiger partial charge < -0.3 is 9.64 Å². The summed E-state index contributed by atoms with van der Waals surface area (Å²) >= 11 is 6.11. The van der Waals surface area contributed by atoms with Gasteiger partial charge in [-0.05, 0) is 31.4 Å². The third-order valence-corrected chi connectivity index (χ3v) is 4.53. The zero-order chi connectivity index (χ0) is 15.2. The Morgan fingerprint density at radius 1 is 1.33 bits per heavy atom. The zero-order valence-electron chi connectivity index (χ0n) is 12.8. The molecule has 116 valence electrons. The molecule has 21 heavy (non-hydrogen) atoms. The number of benzene rings is 1. The highest BCUT2D eigenvalue weighted by atomic mass is 35.5. The molecule has 0 radical (unpaired) electrons. The number of likely N-dealkylation sites (N-methyl/N-ethyl adjacent to an activating group) is 1. The number of carbonyl (C=O) groups excluding carboxylic acids is 1. The van der Waals surface area contributed by atoms with Gasteiger partial charge in [0.2, 0.25) is 0 Å². The summed E-state index contributed by atoms with van der Waals surface area (Å²) < 4.78 is 5.85. The van der Waals surface area contributed by atoms with Gasteiger partial charge >= 0.3 is 0 Å². The van der Waals surface area contributed by atoms with Crippen molar-refractivity contribution in [2.75, 3.05) is 7.05 Å². The molecule has 1 atom stereocenters. The number of carbonyl (C=O) groups is 1. The lowest BCUT2D eigenvalue weighted by Crippen LogP contribution is -2.45. The van der Waals surface area contributed by atoms with Crippen LogP contribution >= 0.6 is 11.6 Å². The smallest absolute Gasteiger partial charge is 0.263 e. The van der Waals surface area contributed by atoms with Crippen molar-refractivity contribution in [1.82, 2.24) is 4.90 Å². The lowest BCUT2D eigenvalue weighted by Gasteiger charge is -2.33. The van der Waals surface area contributed by atoms with Gasteiger partial charge in [-0.25, -0.2) is 0 Å². The van der Waals surface area contributed by atoms with Crippen molar-refractivity contribution in [2.45, 2.75) is 57.6 Å². The van der Waals surface area contributed by atoms with Crippen molar-refractivity contribution < 1.29 is 9.53 Å². The van der Waals surface area contributed by atoms with Crippen molar-refractivity contribution in [3.05, 3.63) is 29.3 Å². The normalized spacial score (nSPS) is 17.3. The molecule has 1 aliphatic rings. The van der Waals surface area contributed by atoms with E-state index in [1.54, 1.807) is 12.1 Å². The summed E-state index contributed by atoms with van der Waals surface area (Å²) in [4.78, 5) is 14.5. The van der Waals surface area contributed by atoms with Crippen LogP contribution < -0.4 is 4.74 Å². The van der Waals surface area contributed by atoms with E-state index in [4.69, 9.17) is 16.3 Å². The predicted molar refractivity (Wildman–Crippen MR) is 85.8 cm³/mol. The Hall–Kier alpha value is -1.22. The molecule has 0 spiro atoms. The Kier molecular flexibility index (Phi) is 5.92. The second-order valence-corrected chi connectivity index (χ2v) is 6.09. The number of hydrogen-bond acceptors (Lipinski definition) is 2. The largest absolute Gasteiger partial charge is 0.479 e. The fourth-order valence-electron chi connectivity index (χ4n) is 2.88. The summed E-state index contributed by atoms with van der Waals surface area (Å²) in [6.07, 6.45) is 6.09. The topological polar surface area (TPSA) is 29.5 Å². The molecule has 1 aliphatic carbocycles. The van der Waals surface area contributed by atoms with Crippen LogP contribution in [0.1, 0.15) is 45.4 Å². The summed E-state index contributed by atoms with van der Waals surface area (Å²) in [6.45, 7) is 1.97. The fourth-order valence-corrected chi connectivity index (χ4v) is 3.06. The Balaban J connectivity index is 2.02. The first-order chi connectivity index (χ1) is 10.1. The van der Waals surface area contributed by atoms with Gasteiger partial charge in [0.05, 0.1) is 5.02 Å². The maximum absolute atomic E-state index is 12.6. The zero-order valence-corrected chi connectivity index (χ0v) is 13.6. The molecular weight excluding hydrogens is 286 g/mol. The second-order valence-electron chi connectivity index (χ2n) is 5.69. The van der Waals surface area contributed by atoms with Crippen molar-refractivity contribution in [3.8, 4) is 5.75 Å². The lowest BCUT2D eigenvalue weighted by atomic mass is 9.94. The minimum Gasteiger partial charge on any atom is -0.479 e. The van der Waals surface area contributed by atoms with Gasteiger partial charge in [0.25, 0.3) is 5.91 Å². The first kappa shape index (κ1) is 16.2. The van der Waals surface area contributed by atoms with E-state index in [2.05, 4.69) is 0 Å². The van der Waals surface area contributed by atoms with E-state index < -0.39 is 6.10 Å². The first-order valence-corrected chi connectivity index (χ1v) is 8.19. The Morgan fingerprint density at radius 3 is 2.62 bits per heavy atom. The number of para-hydroxylation sites is 1. The number of hydrogen-bond donors (Lipinski definition) is 0. The molecule has 0 heterocycles. The molecule has 0 aliphatic heterocycles. The highest BCUT2D eigenvalue weighted by Gasteiger charge is 2.28. The summed E-state index contributed by atoms with van der Waals surface area (Å²) in [5.41, 5.74) is 0. The standard InChI is InChI=1S/C17H24ClNO2/c1-3-15(21-16-12-8-7-11-14(16)18)17(20)19(2)13-9-5-4-6-10-13/h7-8,11-13,15H,3-6,9-10H2,1-2H3/t15-/m1/s1. The van der Waals surface area contributed by atoms with Crippen molar-refractivity contribution >= 4 is 17.5 Å². The molecule has 0 saturated heterocycles. The van der Waals surface area contributed by atoms with Crippen LogP contribution in [0.3, 0.4) is 0 Å². The van der Waals surface area contributed by atoms with E-state index >= 15 is 0 Å². The van der Waals surface area contributed by atoms with Crippen LogP contribution in [0.15, 0.2) is 24.3 Å². The number of nitrogens with zero attached hydrogens (tertiary/aromatic N) is 1. The molecule has 1 aromatic rings. The number of halogens is 1. The van der Waals surface area contributed by atoms with Crippen LogP contribution in [-0.4, -0.2) is 30.0 Å². The molecule has 2 rings (SSSR count). The molecule has 4 heteroatoms. The molecule has 1 aromatic carbocycles. The predicted octanol–water partition coefficient (Wildman–Crippen LogP) is 4.29. The molecule has 0 N–H and O–H groups in total. The van der Waals surface area contributed by atoms with Gasteiger partial charge in [-0.1, -0.05) is 49.9 Å². The van der Waals surface area contributed by atoms with E-state index in [-0.39, 0.29) is 5.91 Å². The maximum Gasteiger partial charge on any atom is 0.263 e. The van der Waals surface area contributed by atoms with Gasteiger partial charge in [0.15, 0.2) is 6.10 Å². The molecule has 0 bridgehead atoms. The summed E-state index contributed by atoms with van der Waals surface area (Å²) in [7, 11) is 1.90. The average molecular weight is 310 g/mol. The number of amides is 1. The molecule has 1 saturated carbocycles. The van der Waals surface area contributed by atoms with Crippen LogP contribution in [0, 0.1) is 0 Å². The van der Waals surface area contributed by atoms with Crippen LogP contribution in [0.4, 0.5) is 0 Å². The lowest BCUT2D eigenvalue weighted by molar-refractivity contribution is -0.140. The molecule has 3 nitrogen and oxygen atoms in total. The Labute approximate surface area is 132 Å². The Morgan fingerprint density at radius 2 is 2.00 bits per heavy atom. The van der Waals surface area contributed by atoms with E-state index in [0.717, 1.165) is 12.8 Å². The SMILES string of the molecule is CC[C@@H](Oc1ccccc1Cl)C(=O)N(C)C1CCCCC1. The summed E-state index contributed by atoms with van der Waals surface area (Å²) in [6, 6.07) is 7.66. The van der Waals surface area contributed by atoms with Crippen LogP contribution in [0.2, 0.25) is 5.02 Å². The monoisotopic (exact) mass is 309 g/mol. The quantitative estimate of drug-likeness (QED) is 0.812. The third-order valence-electron chi connectivity index (χ3n) is 4.22. The van der Waals surface area contributed by atoms with Gasteiger partial charge in [-0.2, -0.15) is 0 Å². The maximum atomic E-state index is 12.6.